The topological polar surface area (TPSA) is 61.4 Å². The molecule has 0 aromatic heterocycles. The van der Waals surface area contributed by atoms with E-state index >= 15 is 0 Å². The molecule has 0 bridgehead atoms. The Morgan fingerprint density at radius 2 is 2.04 bits per heavy atom. The molecule has 142 valence electrons. The van der Waals surface area contributed by atoms with Crippen molar-refractivity contribution < 1.29 is 9.59 Å². The Hall–Kier alpha value is -1.59. The van der Waals surface area contributed by atoms with Gasteiger partial charge in [0.25, 0.3) is 0 Å². The van der Waals surface area contributed by atoms with Crippen LogP contribution < -0.4 is 10.6 Å². The Kier molecular flexibility index (Phi) is 5.88. The van der Waals surface area contributed by atoms with Crippen molar-refractivity contribution in [2.45, 2.75) is 44.7 Å². The third kappa shape index (κ3) is 3.47. The van der Waals surface area contributed by atoms with Crippen molar-refractivity contribution in [1.82, 2.24) is 15.5 Å². The molecule has 1 aromatic carbocycles. The van der Waals surface area contributed by atoms with Crippen LogP contribution in [0.5, 0.6) is 0 Å². The quantitative estimate of drug-likeness (QED) is 0.844. The lowest BCUT2D eigenvalue weighted by Crippen LogP contribution is -2.52. The van der Waals surface area contributed by atoms with Gasteiger partial charge >= 0.3 is 0 Å². The maximum atomic E-state index is 13.0. The fraction of sp³-hybridized carbons (Fsp3) is 0.600. The van der Waals surface area contributed by atoms with E-state index in [2.05, 4.69) is 10.6 Å². The molecule has 2 N–H and O–H groups in total. The lowest BCUT2D eigenvalue weighted by Gasteiger charge is -2.37. The Morgan fingerprint density at radius 3 is 2.85 bits per heavy atom. The average molecular weight is 378 g/mol. The molecule has 1 unspecified atom stereocenters. The molecule has 1 aliphatic carbocycles. The standard InChI is InChI=1S/C20H27N3O2.ClH/c24-18-17(9-11-23(18)13-15-6-2-1-3-7-15)22-19(25)20-10-5-4-8-16(20)12-21-14-20;/h1-3,6-7,16-17,21H,4-5,8-14H2,(H,22,25);1H/t16-,17?,20+;/m0./s1. The van der Waals surface area contributed by atoms with Crippen LogP contribution in [-0.2, 0) is 16.1 Å². The summed E-state index contributed by atoms with van der Waals surface area (Å²) in [7, 11) is 0. The summed E-state index contributed by atoms with van der Waals surface area (Å²) in [6, 6.07) is 9.68. The van der Waals surface area contributed by atoms with Gasteiger partial charge in [-0.15, -0.1) is 12.4 Å². The van der Waals surface area contributed by atoms with Crippen LogP contribution in [0, 0.1) is 11.3 Å². The van der Waals surface area contributed by atoms with Crippen LogP contribution >= 0.6 is 12.4 Å². The Labute approximate surface area is 161 Å². The fourth-order valence-corrected chi connectivity index (χ4v) is 4.83. The minimum atomic E-state index is -0.353. The van der Waals surface area contributed by atoms with Gasteiger partial charge in [-0.25, -0.2) is 0 Å². The number of carbonyl (C=O) groups is 2. The van der Waals surface area contributed by atoms with Gasteiger partial charge in [-0.05, 0) is 37.3 Å². The van der Waals surface area contributed by atoms with Gasteiger partial charge in [-0.1, -0.05) is 43.2 Å². The number of hydrogen-bond donors (Lipinski definition) is 2. The highest BCUT2D eigenvalue weighted by Gasteiger charge is 2.50. The number of halogens is 1. The molecule has 2 amide bonds. The molecule has 1 aromatic rings. The number of rotatable bonds is 4. The maximum Gasteiger partial charge on any atom is 0.245 e. The van der Waals surface area contributed by atoms with Gasteiger partial charge in [-0.3, -0.25) is 9.59 Å². The minimum Gasteiger partial charge on any atom is -0.344 e. The zero-order chi connectivity index (χ0) is 17.3. The first-order valence-corrected chi connectivity index (χ1v) is 9.53. The number of nitrogens with one attached hydrogen (secondary N) is 2. The van der Waals surface area contributed by atoms with Crippen LogP contribution in [0.2, 0.25) is 0 Å². The van der Waals surface area contributed by atoms with Gasteiger partial charge in [-0.2, -0.15) is 0 Å². The van der Waals surface area contributed by atoms with Crippen molar-refractivity contribution in [2.75, 3.05) is 19.6 Å². The number of amides is 2. The van der Waals surface area contributed by atoms with E-state index in [0.717, 1.165) is 37.9 Å². The summed E-state index contributed by atoms with van der Waals surface area (Å²) >= 11 is 0. The first kappa shape index (κ1) is 19.2. The van der Waals surface area contributed by atoms with Crippen LogP contribution in [0.4, 0.5) is 0 Å². The van der Waals surface area contributed by atoms with E-state index in [9.17, 15) is 9.59 Å². The zero-order valence-corrected chi connectivity index (χ0v) is 15.9. The normalized spacial score (nSPS) is 30.6. The Morgan fingerprint density at radius 1 is 1.23 bits per heavy atom. The molecule has 5 nitrogen and oxygen atoms in total. The van der Waals surface area contributed by atoms with Crippen molar-refractivity contribution in [3.05, 3.63) is 35.9 Å². The molecule has 2 aliphatic heterocycles. The average Bonchev–Trinajstić information content (AvgIpc) is 3.22. The molecule has 6 heteroatoms. The number of nitrogens with zero attached hydrogens (tertiary/aromatic N) is 1. The number of benzene rings is 1. The SMILES string of the molecule is Cl.O=C1C(NC(=O)[C@@]23CCCC[C@H]2CNC3)CCN1Cc1ccccc1. The second kappa shape index (κ2) is 7.97. The molecule has 3 atom stereocenters. The van der Waals surface area contributed by atoms with Crippen LogP contribution in [0.3, 0.4) is 0 Å². The second-order valence-corrected chi connectivity index (χ2v) is 7.79. The largest absolute Gasteiger partial charge is 0.344 e. The summed E-state index contributed by atoms with van der Waals surface area (Å²) in [4.78, 5) is 27.6. The monoisotopic (exact) mass is 377 g/mol. The number of likely N-dealkylation sites (tertiary alicyclic amines) is 1. The maximum absolute atomic E-state index is 13.0. The summed E-state index contributed by atoms with van der Waals surface area (Å²) in [5, 5.41) is 6.51. The molecule has 4 rings (SSSR count). The van der Waals surface area contributed by atoms with E-state index in [4.69, 9.17) is 0 Å². The van der Waals surface area contributed by atoms with Crippen molar-refractivity contribution in [3.8, 4) is 0 Å². The molecule has 2 saturated heterocycles. The highest BCUT2D eigenvalue weighted by atomic mass is 35.5. The Bertz CT molecular complexity index is 654. The molecule has 0 radical (unpaired) electrons. The van der Waals surface area contributed by atoms with Crippen LogP contribution in [-0.4, -0.2) is 42.4 Å². The van der Waals surface area contributed by atoms with E-state index < -0.39 is 0 Å². The van der Waals surface area contributed by atoms with Crippen molar-refractivity contribution >= 4 is 24.2 Å². The molecule has 0 spiro atoms. The van der Waals surface area contributed by atoms with E-state index in [1.807, 2.05) is 35.2 Å². The van der Waals surface area contributed by atoms with Gasteiger partial charge in [0.05, 0.1) is 5.41 Å². The van der Waals surface area contributed by atoms with E-state index in [1.165, 1.54) is 6.42 Å². The molecule has 26 heavy (non-hydrogen) atoms. The lowest BCUT2D eigenvalue weighted by atomic mass is 9.67. The van der Waals surface area contributed by atoms with Gasteiger partial charge in [0.15, 0.2) is 0 Å². The molecular formula is C20H28ClN3O2. The molecule has 3 fully saturated rings. The summed E-state index contributed by atoms with van der Waals surface area (Å²) in [5.74, 6) is 0.590. The first-order chi connectivity index (χ1) is 12.2. The smallest absolute Gasteiger partial charge is 0.245 e. The predicted molar refractivity (Wildman–Crippen MR) is 103 cm³/mol. The van der Waals surface area contributed by atoms with Crippen molar-refractivity contribution in [1.29, 1.82) is 0 Å². The van der Waals surface area contributed by atoms with E-state index in [0.29, 0.717) is 25.4 Å². The fourth-order valence-electron chi connectivity index (χ4n) is 4.83. The lowest BCUT2D eigenvalue weighted by molar-refractivity contribution is -0.139. The second-order valence-electron chi connectivity index (χ2n) is 7.79. The summed E-state index contributed by atoms with van der Waals surface area (Å²) < 4.78 is 0. The molecule has 1 saturated carbocycles. The van der Waals surface area contributed by atoms with Gasteiger partial charge in [0.1, 0.15) is 6.04 Å². The number of fused-ring (bicyclic) bond motifs is 1. The Balaban J connectivity index is 0.00000196. The predicted octanol–water partition coefficient (Wildman–Crippen LogP) is 2.11. The van der Waals surface area contributed by atoms with Crippen molar-refractivity contribution in [2.24, 2.45) is 11.3 Å². The highest BCUT2D eigenvalue weighted by Crippen LogP contribution is 2.44. The highest BCUT2D eigenvalue weighted by molar-refractivity contribution is 5.91. The first-order valence-electron chi connectivity index (χ1n) is 9.53. The zero-order valence-electron chi connectivity index (χ0n) is 15.1. The summed E-state index contributed by atoms with van der Waals surface area (Å²) in [6.07, 6.45) is 5.12. The molecule has 3 aliphatic rings. The van der Waals surface area contributed by atoms with Gasteiger partial charge < -0.3 is 15.5 Å². The van der Waals surface area contributed by atoms with Crippen LogP contribution in [0.15, 0.2) is 30.3 Å². The molecular weight excluding hydrogens is 350 g/mol. The summed E-state index contributed by atoms with van der Waals surface area (Å²) in [6.45, 7) is 3.04. The van der Waals surface area contributed by atoms with Crippen LogP contribution in [0.1, 0.15) is 37.7 Å². The minimum absolute atomic E-state index is 0. The van der Waals surface area contributed by atoms with Gasteiger partial charge in [0.2, 0.25) is 11.8 Å². The van der Waals surface area contributed by atoms with Gasteiger partial charge in [0, 0.05) is 19.6 Å². The third-order valence-electron chi connectivity index (χ3n) is 6.31. The summed E-state index contributed by atoms with van der Waals surface area (Å²) in [5.41, 5.74) is 0.847. The number of carbonyl (C=O) groups excluding carboxylic acids is 2. The van der Waals surface area contributed by atoms with E-state index in [-0.39, 0.29) is 35.7 Å². The molecule has 2 heterocycles. The van der Waals surface area contributed by atoms with Crippen molar-refractivity contribution in [3.63, 3.8) is 0 Å². The van der Waals surface area contributed by atoms with Crippen LogP contribution in [0.25, 0.3) is 0 Å². The third-order valence-corrected chi connectivity index (χ3v) is 6.31. The number of hydrogen-bond acceptors (Lipinski definition) is 3. The van der Waals surface area contributed by atoms with E-state index in [1.54, 1.807) is 0 Å².